The van der Waals surface area contributed by atoms with Gasteiger partial charge in [-0.05, 0) is 6.92 Å². The molecule has 0 aliphatic heterocycles. The quantitative estimate of drug-likeness (QED) is 0.542. The van der Waals surface area contributed by atoms with Gasteiger partial charge in [0.15, 0.2) is 0 Å². The molecule has 84 valence electrons. The van der Waals surface area contributed by atoms with Gasteiger partial charge < -0.3 is 4.74 Å². The molecular formula is C6H6F6O2. The summed E-state index contributed by atoms with van der Waals surface area (Å²) in [5, 5.41) is 0. The largest absolute Gasteiger partial charge is 0.461 e. The summed E-state index contributed by atoms with van der Waals surface area (Å²) in [5.74, 6) is -7.72. The van der Waals surface area contributed by atoms with E-state index in [0.717, 1.165) is 6.92 Å². The van der Waals surface area contributed by atoms with Gasteiger partial charge in [-0.25, -0.2) is 9.18 Å². The number of carbonyl (C=O) groups is 1. The van der Waals surface area contributed by atoms with E-state index < -0.39 is 30.8 Å². The lowest BCUT2D eigenvalue weighted by molar-refractivity contribution is -0.249. The Morgan fingerprint density at radius 1 is 1.29 bits per heavy atom. The van der Waals surface area contributed by atoms with Crippen molar-refractivity contribution in [2.45, 2.75) is 25.2 Å². The normalized spacial score (nSPS) is 15.1. The van der Waals surface area contributed by atoms with E-state index in [9.17, 15) is 31.1 Å². The minimum atomic E-state index is -5.80. The lowest BCUT2D eigenvalue weighted by atomic mass is 10.2. The van der Waals surface area contributed by atoms with Crippen LogP contribution in [0.4, 0.5) is 26.3 Å². The summed E-state index contributed by atoms with van der Waals surface area (Å²) in [4.78, 5) is 10.2. The van der Waals surface area contributed by atoms with Crippen molar-refractivity contribution in [3.05, 3.63) is 0 Å². The monoisotopic (exact) mass is 224 g/mol. The van der Waals surface area contributed by atoms with E-state index in [2.05, 4.69) is 4.74 Å². The van der Waals surface area contributed by atoms with Gasteiger partial charge in [0.2, 0.25) is 0 Å². The molecule has 0 aromatic rings. The minimum Gasteiger partial charge on any atom is -0.461 e. The van der Waals surface area contributed by atoms with Crippen LogP contribution < -0.4 is 0 Å². The molecule has 0 saturated heterocycles. The fourth-order valence-electron chi connectivity index (χ4n) is 0.536. The zero-order valence-electron chi connectivity index (χ0n) is 6.87. The van der Waals surface area contributed by atoms with E-state index in [1.54, 1.807) is 0 Å². The molecule has 0 saturated carbocycles. The number of rotatable bonds is 3. The first-order valence-electron chi connectivity index (χ1n) is 3.39. The highest BCUT2D eigenvalue weighted by molar-refractivity contribution is 5.78. The lowest BCUT2D eigenvalue weighted by Gasteiger charge is -2.20. The van der Waals surface area contributed by atoms with Crippen LogP contribution in [0.5, 0.6) is 0 Å². The zero-order valence-corrected chi connectivity index (χ0v) is 6.87. The molecule has 0 unspecified atom stereocenters. The maximum Gasteiger partial charge on any atom is 0.426 e. The van der Waals surface area contributed by atoms with Crippen LogP contribution in [0.15, 0.2) is 0 Å². The summed E-state index contributed by atoms with van der Waals surface area (Å²) < 4.78 is 74.8. The molecule has 0 amide bonds. The van der Waals surface area contributed by atoms with Crippen molar-refractivity contribution in [1.82, 2.24) is 0 Å². The molecular weight excluding hydrogens is 218 g/mol. The number of carbonyl (C=O) groups excluding carboxylic acids is 1. The molecule has 8 heteroatoms. The molecule has 0 aliphatic carbocycles. The van der Waals surface area contributed by atoms with E-state index in [0.29, 0.717) is 0 Å². The molecule has 0 rings (SSSR count). The van der Waals surface area contributed by atoms with Gasteiger partial charge in [0.25, 0.3) is 6.17 Å². The number of halogens is 6. The Balaban J connectivity index is 4.69. The van der Waals surface area contributed by atoms with E-state index in [-0.39, 0.29) is 0 Å². The fourth-order valence-corrected chi connectivity index (χ4v) is 0.536. The second-order valence-corrected chi connectivity index (χ2v) is 2.25. The highest BCUT2D eigenvalue weighted by atomic mass is 19.4. The van der Waals surface area contributed by atoms with E-state index in [1.165, 1.54) is 0 Å². The second kappa shape index (κ2) is 4.05. The van der Waals surface area contributed by atoms with Gasteiger partial charge in [-0.15, -0.1) is 0 Å². The number of hydrogen-bond acceptors (Lipinski definition) is 2. The van der Waals surface area contributed by atoms with E-state index >= 15 is 0 Å². The standard InChI is InChI=1S/C6H6F6O2/c1-2-14-4(13)5(8,9)3(7)6(10,11)12/h3H,2H2,1H3/t3-/m0/s1. The van der Waals surface area contributed by atoms with Crippen molar-refractivity contribution in [3.8, 4) is 0 Å². The molecule has 0 radical (unpaired) electrons. The Morgan fingerprint density at radius 3 is 2.00 bits per heavy atom. The first kappa shape index (κ1) is 13.0. The Labute approximate surface area is 74.8 Å². The predicted octanol–water partition coefficient (Wildman–Crippen LogP) is 2.09. The lowest BCUT2D eigenvalue weighted by Crippen LogP contribution is -2.48. The van der Waals surface area contributed by atoms with Crippen molar-refractivity contribution in [2.75, 3.05) is 6.61 Å². The third-order valence-electron chi connectivity index (χ3n) is 1.15. The first-order valence-corrected chi connectivity index (χ1v) is 3.39. The zero-order chi connectivity index (χ0) is 11.6. The van der Waals surface area contributed by atoms with Crippen LogP contribution in [0.3, 0.4) is 0 Å². The van der Waals surface area contributed by atoms with Crippen LogP contribution in [-0.2, 0) is 9.53 Å². The van der Waals surface area contributed by atoms with Gasteiger partial charge >= 0.3 is 18.1 Å². The number of ether oxygens (including phenoxy) is 1. The summed E-state index contributed by atoms with van der Waals surface area (Å²) in [6.07, 6.45) is -10.3. The maximum atomic E-state index is 12.3. The molecule has 2 nitrogen and oxygen atoms in total. The highest BCUT2D eigenvalue weighted by Gasteiger charge is 2.62. The van der Waals surface area contributed by atoms with Gasteiger partial charge in [-0.1, -0.05) is 0 Å². The number of esters is 1. The SMILES string of the molecule is CCOC(=O)C(F)(F)[C@H](F)C(F)(F)F. The summed E-state index contributed by atoms with van der Waals surface area (Å²) in [5.41, 5.74) is 0. The Morgan fingerprint density at radius 2 is 1.71 bits per heavy atom. The molecule has 1 atom stereocenters. The van der Waals surface area contributed by atoms with Gasteiger partial charge in [0, 0.05) is 0 Å². The number of hydrogen-bond donors (Lipinski definition) is 0. The van der Waals surface area contributed by atoms with Crippen molar-refractivity contribution in [3.63, 3.8) is 0 Å². The van der Waals surface area contributed by atoms with Crippen LogP contribution in [0.2, 0.25) is 0 Å². The third kappa shape index (κ3) is 2.78. The van der Waals surface area contributed by atoms with Crippen LogP contribution >= 0.6 is 0 Å². The van der Waals surface area contributed by atoms with Gasteiger partial charge in [-0.3, -0.25) is 0 Å². The average Bonchev–Trinajstić information content (AvgIpc) is 2.01. The van der Waals surface area contributed by atoms with E-state index in [4.69, 9.17) is 0 Å². The predicted molar refractivity (Wildman–Crippen MR) is 32.5 cm³/mol. The second-order valence-electron chi connectivity index (χ2n) is 2.25. The molecule has 0 fully saturated rings. The Kier molecular flexibility index (Phi) is 3.78. The smallest absolute Gasteiger partial charge is 0.426 e. The van der Waals surface area contributed by atoms with Gasteiger partial charge in [0.05, 0.1) is 6.61 Å². The molecule has 0 N–H and O–H groups in total. The molecule has 0 aromatic heterocycles. The van der Waals surface area contributed by atoms with Crippen molar-refractivity contribution in [1.29, 1.82) is 0 Å². The molecule has 0 spiro atoms. The van der Waals surface area contributed by atoms with E-state index in [1.807, 2.05) is 0 Å². The average molecular weight is 224 g/mol. The fraction of sp³-hybridized carbons (Fsp3) is 0.833. The topological polar surface area (TPSA) is 26.3 Å². The minimum absolute atomic E-state index is 0.557. The first-order chi connectivity index (χ1) is 6.14. The molecule has 0 heterocycles. The van der Waals surface area contributed by atoms with Crippen LogP contribution in [0.1, 0.15) is 6.92 Å². The van der Waals surface area contributed by atoms with Gasteiger partial charge in [-0.2, -0.15) is 22.0 Å². The van der Waals surface area contributed by atoms with Crippen LogP contribution in [-0.4, -0.2) is 30.8 Å². The number of alkyl halides is 6. The third-order valence-corrected chi connectivity index (χ3v) is 1.15. The molecule has 14 heavy (non-hydrogen) atoms. The summed E-state index contributed by atoms with van der Waals surface area (Å²) in [7, 11) is 0. The van der Waals surface area contributed by atoms with Crippen molar-refractivity contribution >= 4 is 5.97 Å². The van der Waals surface area contributed by atoms with Crippen molar-refractivity contribution < 1.29 is 35.9 Å². The van der Waals surface area contributed by atoms with Crippen LogP contribution in [0, 0.1) is 0 Å². The Bertz CT molecular complexity index is 211. The summed E-state index contributed by atoms with van der Waals surface area (Å²) >= 11 is 0. The maximum absolute atomic E-state index is 12.3. The summed E-state index contributed by atoms with van der Waals surface area (Å²) in [6.45, 7) is 0.549. The molecule has 0 aromatic carbocycles. The molecule has 0 bridgehead atoms. The van der Waals surface area contributed by atoms with Gasteiger partial charge in [0.1, 0.15) is 0 Å². The van der Waals surface area contributed by atoms with Crippen LogP contribution in [0.25, 0.3) is 0 Å². The highest BCUT2D eigenvalue weighted by Crippen LogP contribution is 2.35. The molecule has 0 aliphatic rings. The van der Waals surface area contributed by atoms with Crippen molar-refractivity contribution in [2.24, 2.45) is 0 Å². The summed E-state index contributed by atoms with van der Waals surface area (Å²) in [6, 6.07) is 0. The Hall–Kier alpha value is -0.950.